The van der Waals surface area contributed by atoms with Crippen LogP contribution in [0.4, 0.5) is 13.2 Å². The molecular weight excluding hydrogens is 281 g/mol. The molecule has 6 heteroatoms. The lowest BCUT2D eigenvalue weighted by molar-refractivity contribution is 0.379. The minimum atomic E-state index is -0.688. The Morgan fingerprint density at radius 3 is 2.38 bits per heavy atom. The van der Waals surface area contributed by atoms with Crippen LogP contribution in [0.15, 0.2) is 36.4 Å². The molecule has 0 spiro atoms. The van der Waals surface area contributed by atoms with Gasteiger partial charge in [0, 0.05) is 11.6 Å². The van der Waals surface area contributed by atoms with Crippen LogP contribution in [0.25, 0.3) is 0 Å². The second kappa shape index (κ2) is 6.60. The van der Waals surface area contributed by atoms with Crippen molar-refractivity contribution in [2.75, 3.05) is 7.11 Å². The maximum absolute atomic E-state index is 14.2. The largest absolute Gasteiger partial charge is 0.494 e. The third-order valence-electron chi connectivity index (χ3n) is 3.15. The molecule has 0 bridgehead atoms. The summed E-state index contributed by atoms with van der Waals surface area (Å²) in [5.41, 5.74) is 3.10. The zero-order valence-electron chi connectivity index (χ0n) is 11.4. The summed E-state index contributed by atoms with van der Waals surface area (Å²) >= 11 is 0. The maximum atomic E-state index is 14.2. The number of hydrogen-bond acceptors (Lipinski definition) is 3. The van der Waals surface area contributed by atoms with Gasteiger partial charge >= 0.3 is 0 Å². The van der Waals surface area contributed by atoms with E-state index < -0.39 is 23.5 Å². The number of hydrazine groups is 1. The molecule has 0 saturated heterocycles. The van der Waals surface area contributed by atoms with Gasteiger partial charge in [0.1, 0.15) is 11.6 Å². The average molecular weight is 296 g/mol. The Bertz CT molecular complexity index is 614. The maximum Gasteiger partial charge on any atom is 0.169 e. The Kier molecular flexibility index (Phi) is 4.82. The molecule has 0 fully saturated rings. The molecule has 0 saturated carbocycles. The van der Waals surface area contributed by atoms with Crippen molar-refractivity contribution < 1.29 is 17.9 Å². The summed E-state index contributed by atoms with van der Waals surface area (Å²) in [4.78, 5) is 0. The first-order valence-electron chi connectivity index (χ1n) is 6.28. The predicted octanol–water partition coefficient (Wildman–Crippen LogP) is 2.86. The molecule has 2 aromatic carbocycles. The van der Waals surface area contributed by atoms with Gasteiger partial charge in [0.25, 0.3) is 0 Å². The normalized spacial score (nSPS) is 12.2. The number of rotatable bonds is 5. The lowest BCUT2D eigenvalue weighted by Gasteiger charge is -2.18. The van der Waals surface area contributed by atoms with Crippen LogP contribution in [0.3, 0.4) is 0 Å². The molecule has 0 amide bonds. The summed E-state index contributed by atoms with van der Waals surface area (Å²) < 4.78 is 45.5. The fourth-order valence-corrected chi connectivity index (χ4v) is 2.18. The van der Waals surface area contributed by atoms with E-state index in [9.17, 15) is 13.2 Å². The van der Waals surface area contributed by atoms with Gasteiger partial charge < -0.3 is 4.74 Å². The topological polar surface area (TPSA) is 47.3 Å². The van der Waals surface area contributed by atoms with Crippen molar-refractivity contribution in [1.82, 2.24) is 5.43 Å². The Morgan fingerprint density at radius 1 is 1.14 bits per heavy atom. The minimum Gasteiger partial charge on any atom is -0.494 e. The molecule has 21 heavy (non-hydrogen) atoms. The van der Waals surface area contributed by atoms with E-state index in [-0.39, 0.29) is 17.7 Å². The Labute approximate surface area is 120 Å². The van der Waals surface area contributed by atoms with Crippen LogP contribution < -0.4 is 16.0 Å². The fourth-order valence-electron chi connectivity index (χ4n) is 2.18. The minimum absolute atomic E-state index is 0.0816. The number of halogens is 3. The quantitative estimate of drug-likeness (QED) is 0.659. The highest BCUT2D eigenvalue weighted by Crippen LogP contribution is 2.27. The summed E-state index contributed by atoms with van der Waals surface area (Å²) in [6.45, 7) is 0. The third-order valence-corrected chi connectivity index (χ3v) is 3.15. The first-order chi connectivity index (χ1) is 10.0. The molecule has 0 aliphatic rings. The van der Waals surface area contributed by atoms with Gasteiger partial charge in [0.2, 0.25) is 0 Å². The van der Waals surface area contributed by atoms with E-state index >= 15 is 0 Å². The number of benzene rings is 2. The number of nitrogens with two attached hydrogens (primary N) is 1. The molecule has 112 valence electrons. The summed E-state index contributed by atoms with van der Waals surface area (Å²) in [5, 5.41) is 0. The van der Waals surface area contributed by atoms with Crippen molar-refractivity contribution in [3.8, 4) is 5.75 Å². The predicted molar refractivity (Wildman–Crippen MR) is 73.1 cm³/mol. The third kappa shape index (κ3) is 3.53. The van der Waals surface area contributed by atoms with Crippen LogP contribution in [0.2, 0.25) is 0 Å². The van der Waals surface area contributed by atoms with Gasteiger partial charge in [-0.3, -0.25) is 11.3 Å². The molecule has 0 aliphatic carbocycles. The highest BCUT2D eigenvalue weighted by atomic mass is 19.1. The van der Waals surface area contributed by atoms with Crippen molar-refractivity contribution in [2.45, 2.75) is 12.5 Å². The van der Waals surface area contributed by atoms with Gasteiger partial charge in [-0.1, -0.05) is 12.1 Å². The van der Waals surface area contributed by atoms with E-state index in [0.717, 1.165) is 6.07 Å². The molecule has 0 aliphatic heterocycles. The zero-order valence-corrected chi connectivity index (χ0v) is 11.4. The molecule has 3 nitrogen and oxygen atoms in total. The van der Waals surface area contributed by atoms with Crippen LogP contribution in [-0.2, 0) is 6.42 Å². The highest BCUT2D eigenvalue weighted by Gasteiger charge is 2.18. The first kappa shape index (κ1) is 15.3. The van der Waals surface area contributed by atoms with E-state index in [1.54, 1.807) is 6.07 Å². The Balaban J connectivity index is 2.32. The van der Waals surface area contributed by atoms with Crippen molar-refractivity contribution in [2.24, 2.45) is 5.84 Å². The van der Waals surface area contributed by atoms with Gasteiger partial charge in [-0.05, 0) is 30.2 Å². The van der Waals surface area contributed by atoms with Gasteiger partial charge in [-0.25, -0.2) is 13.2 Å². The van der Waals surface area contributed by atoms with Gasteiger partial charge in [0.05, 0.1) is 13.2 Å². The van der Waals surface area contributed by atoms with E-state index in [0.29, 0.717) is 5.56 Å². The smallest absolute Gasteiger partial charge is 0.169 e. The standard InChI is InChI=1S/C15H15F3N2O/c1-21-14-4-2-3-12(15(14)18)13(20-19)7-9-5-10(16)8-11(17)6-9/h2-6,8,13,20H,7,19H2,1H3. The number of methoxy groups -OCH3 is 1. The van der Waals surface area contributed by atoms with Crippen molar-refractivity contribution in [3.05, 3.63) is 65.0 Å². The molecular formula is C15H15F3N2O. The first-order valence-corrected chi connectivity index (χ1v) is 6.28. The van der Waals surface area contributed by atoms with Crippen molar-refractivity contribution in [1.29, 1.82) is 0 Å². The van der Waals surface area contributed by atoms with Gasteiger partial charge in [-0.15, -0.1) is 0 Å². The second-order valence-corrected chi connectivity index (χ2v) is 4.56. The summed E-state index contributed by atoms with van der Waals surface area (Å²) in [7, 11) is 1.36. The van der Waals surface area contributed by atoms with Gasteiger partial charge in [-0.2, -0.15) is 0 Å². The van der Waals surface area contributed by atoms with Crippen molar-refractivity contribution >= 4 is 0 Å². The lowest BCUT2D eigenvalue weighted by atomic mass is 9.98. The molecule has 1 unspecified atom stereocenters. The van der Waals surface area contributed by atoms with Crippen molar-refractivity contribution in [3.63, 3.8) is 0 Å². The van der Waals surface area contributed by atoms with E-state index in [1.165, 1.54) is 31.4 Å². The Morgan fingerprint density at radius 2 is 1.81 bits per heavy atom. The van der Waals surface area contributed by atoms with Crippen LogP contribution >= 0.6 is 0 Å². The lowest BCUT2D eigenvalue weighted by Crippen LogP contribution is -2.30. The zero-order chi connectivity index (χ0) is 15.4. The number of ether oxygens (including phenoxy) is 1. The van der Waals surface area contributed by atoms with Gasteiger partial charge in [0.15, 0.2) is 11.6 Å². The molecule has 3 N–H and O–H groups in total. The SMILES string of the molecule is COc1cccc(C(Cc2cc(F)cc(F)c2)NN)c1F. The molecule has 2 aromatic rings. The summed E-state index contributed by atoms with van der Waals surface area (Å²) in [6, 6.07) is 7.15. The average Bonchev–Trinajstić information content (AvgIpc) is 2.44. The number of hydrogen-bond donors (Lipinski definition) is 2. The molecule has 2 rings (SSSR count). The van der Waals surface area contributed by atoms with Crippen LogP contribution in [0, 0.1) is 17.5 Å². The van der Waals surface area contributed by atoms with E-state index in [2.05, 4.69) is 5.43 Å². The molecule has 1 atom stereocenters. The van der Waals surface area contributed by atoms with Crippen LogP contribution in [0.5, 0.6) is 5.75 Å². The molecule has 0 aromatic heterocycles. The Hall–Kier alpha value is -2.05. The molecule has 0 heterocycles. The second-order valence-electron chi connectivity index (χ2n) is 4.56. The monoisotopic (exact) mass is 296 g/mol. The molecule has 0 radical (unpaired) electrons. The van der Waals surface area contributed by atoms with Crippen LogP contribution in [-0.4, -0.2) is 7.11 Å². The summed E-state index contributed by atoms with van der Waals surface area (Å²) in [5.74, 6) is 3.59. The highest BCUT2D eigenvalue weighted by molar-refractivity contribution is 5.34. The van der Waals surface area contributed by atoms with E-state index in [1.807, 2.05) is 0 Å². The number of nitrogens with one attached hydrogen (secondary N) is 1. The fraction of sp³-hybridized carbons (Fsp3) is 0.200. The van der Waals surface area contributed by atoms with Crippen LogP contribution in [0.1, 0.15) is 17.2 Å². The summed E-state index contributed by atoms with van der Waals surface area (Å²) in [6.07, 6.45) is 0.134. The van der Waals surface area contributed by atoms with E-state index in [4.69, 9.17) is 10.6 Å².